The van der Waals surface area contributed by atoms with Crippen molar-refractivity contribution in [3.05, 3.63) is 33.8 Å². The Morgan fingerprint density at radius 3 is 2.30 bits per heavy atom. The maximum atomic E-state index is 11.9. The Morgan fingerprint density at radius 1 is 1.25 bits per heavy atom. The molecule has 0 aliphatic carbocycles. The van der Waals surface area contributed by atoms with Crippen LogP contribution in [0.2, 0.25) is 10.0 Å². The third kappa shape index (κ3) is 5.02. The van der Waals surface area contributed by atoms with Crippen LogP contribution in [0.1, 0.15) is 32.3 Å². The number of rotatable bonds is 6. The van der Waals surface area contributed by atoms with E-state index >= 15 is 0 Å². The van der Waals surface area contributed by atoms with Gasteiger partial charge in [-0.1, -0.05) is 43.1 Å². The minimum Gasteiger partial charge on any atom is -0.323 e. The molecule has 0 bridgehead atoms. The third-order valence-corrected chi connectivity index (χ3v) is 3.29. The van der Waals surface area contributed by atoms with E-state index in [1.54, 1.807) is 23.1 Å². The lowest BCUT2D eigenvalue weighted by Crippen LogP contribution is -2.38. The van der Waals surface area contributed by atoms with Crippen molar-refractivity contribution in [2.45, 2.75) is 26.7 Å². The van der Waals surface area contributed by atoms with Crippen LogP contribution in [0.5, 0.6) is 0 Å². The molecule has 0 heterocycles. The summed E-state index contributed by atoms with van der Waals surface area (Å²) >= 11 is 12.0. The molecular formula is C14H19Cl2N3O. The Hall–Kier alpha value is -1.26. The monoisotopic (exact) mass is 315 g/mol. The largest absolute Gasteiger partial charge is 0.337 e. The van der Waals surface area contributed by atoms with Gasteiger partial charge in [0.2, 0.25) is 0 Å². The van der Waals surface area contributed by atoms with Crippen molar-refractivity contribution < 1.29 is 4.79 Å². The van der Waals surface area contributed by atoms with Gasteiger partial charge in [0.05, 0.1) is 16.3 Å². The van der Waals surface area contributed by atoms with Crippen LogP contribution >= 0.6 is 23.2 Å². The van der Waals surface area contributed by atoms with Crippen molar-refractivity contribution in [1.82, 2.24) is 10.3 Å². The maximum Gasteiger partial charge on any atom is 0.337 e. The average molecular weight is 316 g/mol. The van der Waals surface area contributed by atoms with Crippen LogP contribution in [0.15, 0.2) is 23.3 Å². The molecule has 110 valence electrons. The molecule has 1 aromatic carbocycles. The summed E-state index contributed by atoms with van der Waals surface area (Å²) in [7, 11) is 0. The molecule has 0 radical (unpaired) electrons. The van der Waals surface area contributed by atoms with E-state index in [0.29, 0.717) is 28.7 Å². The first-order valence-electron chi connectivity index (χ1n) is 6.62. The fourth-order valence-electron chi connectivity index (χ4n) is 1.71. The number of benzene rings is 1. The molecule has 4 nitrogen and oxygen atoms in total. The number of urea groups is 1. The number of nitrogens with zero attached hydrogens (tertiary/aromatic N) is 2. The molecule has 0 aromatic heterocycles. The SMILES string of the molecule is CCCN(CCC)C(=O)N/N=C\c1c(Cl)cccc1Cl. The van der Waals surface area contributed by atoms with Crippen LogP contribution in [-0.2, 0) is 0 Å². The summed E-state index contributed by atoms with van der Waals surface area (Å²) in [6, 6.07) is 4.98. The first-order chi connectivity index (χ1) is 9.60. The maximum absolute atomic E-state index is 11.9. The molecule has 2 amide bonds. The van der Waals surface area contributed by atoms with Crippen molar-refractivity contribution >= 4 is 35.4 Å². The van der Waals surface area contributed by atoms with Gasteiger partial charge < -0.3 is 4.90 Å². The summed E-state index contributed by atoms with van der Waals surface area (Å²) in [5.41, 5.74) is 3.09. The van der Waals surface area contributed by atoms with Gasteiger partial charge in [-0.3, -0.25) is 0 Å². The molecule has 0 unspecified atom stereocenters. The molecule has 6 heteroatoms. The van der Waals surface area contributed by atoms with E-state index in [2.05, 4.69) is 10.5 Å². The average Bonchev–Trinajstić information content (AvgIpc) is 2.41. The zero-order chi connectivity index (χ0) is 15.0. The minimum atomic E-state index is -0.215. The van der Waals surface area contributed by atoms with Crippen molar-refractivity contribution in [2.24, 2.45) is 5.10 Å². The summed E-state index contributed by atoms with van der Waals surface area (Å²) in [4.78, 5) is 13.6. The van der Waals surface area contributed by atoms with E-state index in [0.717, 1.165) is 12.8 Å². The van der Waals surface area contributed by atoms with Gasteiger partial charge in [-0.2, -0.15) is 5.10 Å². The zero-order valence-electron chi connectivity index (χ0n) is 11.7. The molecule has 0 aliphatic rings. The Morgan fingerprint density at radius 2 is 1.80 bits per heavy atom. The highest BCUT2D eigenvalue weighted by molar-refractivity contribution is 6.38. The van der Waals surface area contributed by atoms with Crippen LogP contribution in [-0.4, -0.2) is 30.2 Å². The fourth-order valence-corrected chi connectivity index (χ4v) is 2.21. The van der Waals surface area contributed by atoms with Gasteiger partial charge >= 0.3 is 6.03 Å². The molecular weight excluding hydrogens is 297 g/mol. The van der Waals surface area contributed by atoms with Gasteiger partial charge in [0.15, 0.2) is 0 Å². The van der Waals surface area contributed by atoms with Gasteiger partial charge in [-0.15, -0.1) is 0 Å². The summed E-state index contributed by atoms with van der Waals surface area (Å²) in [6.45, 7) is 5.48. The first kappa shape index (κ1) is 16.8. The molecule has 1 rings (SSSR count). The van der Waals surface area contributed by atoms with Crippen LogP contribution in [0.4, 0.5) is 4.79 Å². The molecule has 1 N–H and O–H groups in total. The molecule has 0 atom stereocenters. The smallest absolute Gasteiger partial charge is 0.323 e. The zero-order valence-corrected chi connectivity index (χ0v) is 13.2. The molecule has 0 saturated heterocycles. The van der Waals surface area contributed by atoms with Crippen LogP contribution < -0.4 is 5.43 Å². The highest BCUT2D eigenvalue weighted by Crippen LogP contribution is 2.21. The summed E-state index contributed by atoms with van der Waals surface area (Å²) < 4.78 is 0. The Kier molecular flexibility index (Phi) is 7.41. The van der Waals surface area contributed by atoms with E-state index in [1.165, 1.54) is 6.21 Å². The van der Waals surface area contributed by atoms with Crippen molar-refractivity contribution in [3.8, 4) is 0 Å². The fraction of sp³-hybridized carbons (Fsp3) is 0.429. The number of amides is 2. The number of hydrogen-bond donors (Lipinski definition) is 1. The second kappa shape index (κ2) is 8.82. The number of carbonyl (C=O) groups excluding carboxylic acids is 1. The molecule has 0 saturated carbocycles. The highest BCUT2D eigenvalue weighted by atomic mass is 35.5. The van der Waals surface area contributed by atoms with E-state index in [4.69, 9.17) is 23.2 Å². The topological polar surface area (TPSA) is 44.7 Å². The van der Waals surface area contributed by atoms with Crippen LogP contribution in [0.25, 0.3) is 0 Å². The van der Waals surface area contributed by atoms with Crippen molar-refractivity contribution in [3.63, 3.8) is 0 Å². The molecule has 0 aliphatic heterocycles. The van der Waals surface area contributed by atoms with E-state index < -0.39 is 0 Å². The summed E-state index contributed by atoms with van der Waals surface area (Å²) in [6.07, 6.45) is 3.28. The molecule has 1 aromatic rings. The molecule has 0 spiro atoms. The highest BCUT2D eigenvalue weighted by Gasteiger charge is 2.10. The van der Waals surface area contributed by atoms with Gasteiger partial charge in [0.1, 0.15) is 0 Å². The Labute approximate surface area is 129 Å². The van der Waals surface area contributed by atoms with Gasteiger partial charge in [-0.05, 0) is 25.0 Å². The molecule has 0 fully saturated rings. The summed E-state index contributed by atoms with van der Waals surface area (Å²) in [5.74, 6) is 0. The van der Waals surface area contributed by atoms with Crippen molar-refractivity contribution in [1.29, 1.82) is 0 Å². The predicted octanol–water partition coefficient (Wildman–Crippen LogP) is 4.16. The lowest BCUT2D eigenvalue weighted by Gasteiger charge is -2.20. The Balaban J connectivity index is 2.65. The minimum absolute atomic E-state index is 0.215. The van der Waals surface area contributed by atoms with Gasteiger partial charge in [-0.25, -0.2) is 10.2 Å². The number of halogens is 2. The van der Waals surface area contributed by atoms with Gasteiger partial charge in [0.25, 0.3) is 0 Å². The lowest BCUT2D eigenvalue weighted by molar-refractivity contribution is 0.198. The van der Waals surface area contributed by atoms with E-state index in [9.17, 15) is 4.79 Å². The van der Waals surface area contributed by atoms with E-state index in [1.807, 2.05) is 13.8 Å². The normalized spacial score (nSPS) is 10.8. The number of hydrazone groups is 1. The van der Waals surface area contributed by atoms with Crippen LogP contribution in [0.3, 0.4) is 0 Å². The van der Waals surface area contributed by atoms with Crippen LogP contribution in [0, 0.1) is 0 Å². The lowest BCUT2D eigenvalue weighted by atomic mass is 10.2. The van der Waals surface area contributed by atoms with E-state index in [-0.39, 0.29) is 6.03 Å². The summed E-state index contributed by atoms with van der Waals surface area (Å²) in [5, 5.41) is 4.90. The Bertz CT molecular complexity index is 451. The third-order valence-electron chi connectivity index (χ3n) is 2.63. The second-order valence-electron chi connectivity index (χ2n) is 4.30. The quantitative estimate of drug-likeness (QED) is 0.621. The molecule has 20 heavy (non-hydrogen) atoms. The number of carbonyl (C=O) groups is 1. The number of hydrogen-bond acceptors (Lipinski definition) is 2. The predicted molar refractivity (Wildman–Crippen MR) is 84.7 cm³/mol. The second-order valence-corrected chi connectivity index (χ2v) is 5.11. The first-order valence-corrected chi connectivity index (χ1v) is 7.37. The van der Waals surface area contributed by atoms with Crippen molar-refractivity contribution in [2.75, 3.05) is 13.1 Å². The van der Waals surface area contributed by atoms with Gasteiger partial charge in [0, 0.05) is 18.7 Å². The number of nitrogens with one attached hydrogen (secondary N) is 1. The standard InChI is InChI=1S/C14H19Cl2N3O/c1-3-8-19(9-4-2)14(20)18-17-10-11-12(15)6-5-7-13(11)16/h5-7,10H,3-4,8-9H2,1-2H3,(H,18,20)/b17-10-.